The molecule has 0 heterocycles. The van der Waals surface area contributed by atoms with Gasteiger partial charge >= 0.3 is 6.03 Å². The summed E-state index contributed by atoms with van der Waals surface area (Å²) in [5.41, 5.74) is 5.32. The van der Waals surface area contributed by atoms with Crippen LogP contribution in [0.4, 0.5) is 4.79 Å². The van der Waals surface area contributed by atoms with Crippen LogP contribution in [-0.2, 0) is 0 Å². The van der Waals surface area contributed by atoms with Crippen LogP contribution in [0.2, 0.25) is 0 Å². The van der Waals surface area contributed by atoms with Gasteiger partial charge in [-0.3, -0.25) is 15.0 Å². The Morgan fingerprint density at radius 3 is 2.09 bits per heavy atom. The van der Waals surface area contributed by atoms with Gasteiger partial charge < -0.3 is 5.32 Å². The third-order valence-electron chi connectivity index (χ3n) is 3.04. The second-order valence-corrected chi connectivity index (χ2v) is 5.46. The minimum Gasteiger partial charge on any atom is -0.340 e. The molecule has 0 atom stereocenters. The Bertz CT molecular complexity index is 744. The highest BCUT2D eigenvalue weighted by Crippen LogP contribution is 2.17. The summed E-state index contributed by atoms with van der Waals surface area (Å²) in [7, 11) is 1.42. The molecule has 6 nitrogen and oxygen atoms in total. The second-order valence-electron chi connectivity index (χ2n) is 4.54. The Hall–Kier alpha value is -2.67. The summed E-state index contributed by atoms with van der Waals surface area (Å²) in [6, 6.07) is 12.7. The highest BCUT2D eigenvalue weighted by atomic mass is 79.9. The highest BCUT2D eigenvalue weighted by molar-refractivity contribution is 9.10. The molecule has 0 fully saturated rings. The summed E-state index contributed by atoms with van der Waals surface area (Å²) in [5, 5.41) is 2.30. The van der Waals surface area contributed by atoms with Crippen LogP contribution in [0.15, 0.2) is 53.0 Å². The maximum atomic E-state index is 12.6. The number of halogens is 1. The Morgan fingerprint density at radius 1 is 0.870 bits per heavy atom. The zero-order valence-corrected chi connectivity index (χ0v) is 13.8. The average Bonchev–Trinajstić information content (AvgIpc) is 2.59. The van der Waals surface area contributed by atoms with E-state index in [1.54, 1.807) is 42.5 Å². The van der Waals surface area contributed by atoms with Gasteiger partial charge in [-0.25, -0.2) is 10.2 Å². The molecule has 0 unspecified atom stereocenters. The molecule has 23 heavy (non-hydrogen) atoms. The quantitative estimate of drug-likeness (QED) is 0.567. The van der Waals surface area contributed by atoms with E-state index < -0.39 is 11.9 Å². The molecule has 3 N–H and O–H groups in total. The van der Waals surface area contributed by atoms with E-state index in [-0.39, 0.29) is 16.9 Å². The number of benzene rings is 2. The predicted molar refractivity (Wildman–Crippen MR) is 89.1 cm³/mol. The SMILES string of the molecule is CNC(=O)NNC(=O)c1ccccc1C(=O)c1ccc(Br)cc1. The molecule has 0 saturated heterocycles. The van der Waals surface area contributed by atoms with Crippen LogP contribution in [0, 0.1) is 0 Å². The molecule has 0 radical (unpaired) electrons. The number of nitrogens with one attached hydrogen (secondary N) is 3. The van der Waals surface area contributed by atoms with E-state index in [0.717, 1.165) is 4.47 Å². The van der Waals surface area contributed by atoms with Crippen LogP contribution in [0.5, 0.6) is 0 Å². The van der Waals surface area contributed by atoms with Crippen molar-refractivity contribution in [3.8, 4) is 0 Å². The molecule has 2 aromatic rings. The van der Waals surface area contributed by atoms with Crippen molar-refractivity contribution in [1.29, 1.82) is 0 Å². The average molecular weight is 376 g/mol. The molecule has 0 saturated carbocycles. The number of hydrogen-bond acceptors (Lipinski definition) is 3. The van der Waals surface area contributed by atoms with E-state index in [4.69, 9.17) is 0 Å². The maximum absolute atomic E-state index is 12.6. The van der Waals surface area contributed by atoms with Crippen molar-refractivity contribution in [3.63, 3.8) is 0 Å². The van der Waals surface area contributed by atoms with E-state index in [2.05, 4.69) is 32.1 Å². The van der Waals surface area contributed by atoms with Crippen LogP contribution < -0.4 is 16.2 Å². The Balaban J connectivity index is 2.26. The lowest BCUT2D eigenvalue weighted by atomic mass is 9.98. The molecule has 3 amide bonds. The van der Waals surface area contributed by atoms with Gasteiger partial charge in [0, 0.05) is 22.6 Å². The molecule has 7 heteroatoms. The Kier molecular flexibility index (Phi) is 5.48. The zero-order chi connectivity index (χ0) is 16.8. The van der Waals surface area contributed by atoms with Gasteiger partial charge in [-0.2, -0.15) is 0 Å². The van der Waals surface area contributed by atoms with Crippen LogP contribution in [0.25, 0.3) is 0 Å². The Labute approximate surface area is 141 Å². The maximum Gasteiger partial charge on any atom is 0.333 e. The van der Waals surface area contributed by atoms with Gasteiger partial charge in [0.05, 0.1) is 5.56 Å². The third kappa shape index (κ3) is 4.17. The van der Waals surface area contributed by atoms with Crippen LogP contribution in [0.3, 0.4) is 0 Å². The van der Waals surface area contributed by atoms with Crippen LogP contribution in [-0.4, -0.2) is 24.8 Å². The fourth-order valence-corrected chi connectivity index (χ4v) is 2.14. The molecule has 0 aromatic heterocycles. The number of hydrazine groups is 1. The molecule has 2 rings (SSSR count). The first kappa shape index (κ1) is 16.7. The molecular weight excluding hydrogens is 362 g/mol. The summed E-state index contributed by atoms with van der Waals surface area (Å²) in [4.78, 5) is 35.9. The first-order chi connectivity index (χ1) is 11.0. The fourth-order valence-electron chi connectivity index (χ4n) is 1.88. The van der Waals surface area contributed by atoms with Gasteiger partial charge in [0.1, 0.15) is 0 Å². The number of amides is 3. The summed E-state index contributed by atoms with van der Waals surface area (Å²) in [6.07, 6.45) is 0. The predicted octanol–water partition coefficient (Wildman–Crippen LogP) is 2.25. The molecule has 2 aromatic carbocycles. The van der Waals surface area contributed by atoms with Gasteiger partial charge in [0.25, 0.3) is 5.91 Å². The van der Waals surface area contributed by atoms with Gasteiger partial charge in [0.2, 0.25) is 0 Å². The number of ketones is 1. The highest BCUT2D eigenvalue weighted by Gasteiger charge is 2.18. The normalized spacial score (nSPS) is 9.83. The molecule has 0 spiro atoms. The van der Waals surface area contributed by atoms with Crippen LogP contribution in [0.1, 0.15) is 26.3 Å². The first-order valence-electron chi connectivity index (χ1n) is 6.70. The third-order valence-corrected chi connectivity index (χ3v) is 3.57. The number of carbonyl (C=O) groups is 3. The molecule has 0 aliphatic rings. The van der Waals surface area contributed by atoms with Crippen molar-refractivity contribution in [1.82, 2.24) is 16.2 Å². The number of rotatable bonds is 3. The summed E-state index contributed by atoms with van der Waals surface area (Å²) in [6.45, 7) is 0. The number of hydrogen-bond donors (Lipinski definition) is 3. The first-order valence-corrected chi connectivity index (χ1v) is 7.49. The molecule has 0 bridgehead atoms. The van der Waals surface area contributed by atoms with Crippen molar-refractivity contribution in [2.45, 2.75) is 0 Å². The zero-order valence-electron chi connectivity index (χ0n) is 12.2. The van der Waals surface area contributed by atoms with Crippen molar-refractivity contribution in [2.75, 3.05) is 7.05 Å². The van der Waals surface area contributed by atoms with E-state index >= 15 is 0 Å². The lowest BCUT2D eigenvalue weighted by molar-refractivity contribution is 0.0927. The van der Waals surface area contributed by atoms with E-state index in [1.165, 1.54) is 13.1 Å². The van der Waals surface area contributed by atoms with Gasteiger partial charge in [-0.15, -0.1) is 0 Å². The summed E-state index contributed by atoms with van der Waals surface area (Å²) < 4.78 is 0.856. The number of urea groups is 1. The van der Waals surface area contributed by atoms with Crippen molar-refractivity contribution >= 4 is 33.7 Å². The molecule has 0 aliphatic carbocycles. The largest absolute Gasteiger partial charge is 0.340 e. The lowest BCUT2D eigenvalue weighted by Gasteiger charge is -2.10. The lowest BCUT2D eigenvalue weighted by Crippen LogP contribution is -2.46. The standard InChI is InChI=1S/C16H14BrN3O3/c1-18-16(23)20-19-15(22)13-5-3-2-4-12(13)14(21)10-6-8-11(17)9-7-10/h2-9H,1H3,(H,19,22)(H2,18,20,23). The van der Waals surface area contributed by atoms with Crippen molar-refractivity contribution in [3.05, 3.63) is 69.7 Å². The summed E-state index contributed by atoms with van der Waals surface area (Å²) in [5.74, 6) is -0.849. The smallest absolute Gasteiger partial charge is 0.333 e. The minimum atomic E-state index is -0.574. The van der Waals surface area contributed by atoms with Gasteiger partial charge in [0.15, 0.2) is 5.78 Å². The molecular formula is C16H14BrN3O3. The summed E-state index contributed by atoms with van der Waals surface area (Å²) >= 11 is 3.31. The van der Waals surface area contributed by atoms with E-state index in [0.29, 0.717) is 5.56 Å². The minimum absolute atomic E-state index is 0.178. The van der Waals surface area contributed by atoms with Crippen LogP contribution >= 0.6 is 15.9 Å². The van der Waals surface area contributed by atoms with Crippen molar-refractivity contribution in [2.24, 2.45) is 0 Å². The monoisotopic (exact) mass is 375 g/mol. The van der Waals surface area contributed by atoms with Crippen molar-refractivity contribution < 1.29 is 14.4 Å². The Morgan fingerprint density at radius 2 is 1.48 bits per heavy atom. The topological polar surface area (TPSA) is 87.3 Å². The van der Waals surface area contributed by atoms with E-state index in [9.17, 15) is 14.4 Å². The van der Waals surface area contributed by atoms with Gasteiger partial charge in [-0.05, 0) is 30.3 Å². The molecule has 0 aliphatic heterocycles. The fraction of sp³-hybridized carbons (Fsp3) is 0.0625. The number of carbonyl (C=O) groups excluding carboxylic acids is 3. The molecule has 118 valence electrons. The van der Waals surface area contributed by atoms with Gasteiger partial charge in [-0.1, -0.05) is 34.1 Å². The van der Waals surface area contributed by atoms with E-state index in [1.807, 2.05) is 0 Å². The second kappa shape index (κ2) is 7.55.